The summed E-state index contributed by atoms with van der Waals surface area (Å²) in [6.45, 7) is 4.61. The lowest BCUT2D eigenvalue weighted by molar-refractivity contribution is -0.136. The third-order valence-corrected chi connectivity index (χ3v) is 3.84. The van der Waals surface area contributed by atoms with Crippen LogP contribution in [0.4, 0.5) is 0 Å². The number of ether oxygens (including phenoxy) is 1. The van der Waals surface area contributed by atoms with E-state index in [2.05, 4.69) is 12.2 Å². The molecule has 0 aromatic rings. The third kappa shape index (κ3) is 2.23. The highest BCUT2D eigenvalue weighted by atomic mass is 16.5. The summed E-state index contributed by atoms with van der Waals surface area (Å²) >= 11 is 0. The Labute approximate surface area is 97.3 Å². The highest BCUT2D eigenvalue weighted by Crippen LogP contribution is 2.26. The molecule has 0 saturated carbocycles. The summed E-state index contributed by atoms with van der Waals surface area (Å²) < 4.78 is 5.59. The van der Waals surface area contributed by atoms with Crippen molar-refractivity contribution in [1.29, 1.82) is 0 Å². The van der Waals surface area contributed by atoms with Crippen molar-refractivity contribution in [2.24, 2.45) is 5.92 Å². The van der Waals surface area contributed by atoms with Gasteiger partial charge in [-0.3, -0.25) is 4.79 Å². The van der Waals surface area contributed by atoms with Gasteiger partial charge in [-0.2, -0.15) is 0 Å². The van der Waals surface area contributed by atoms with E-state index >= 15 is 0 Å². The molecule has 2 heterocycles. The summed E-state index contributed by atoms with van der Waals surface area (Å²) in [6, 6.07) is 0.478. The zero-order chi connectivity index (χ0) is 11.5. The Kier molecular flexibility index (Phi) is 3.82. The molecule has 0 aromatic carbocycles. The fourth-order valence-corrected chi connectivity index (χ4v) is 2.76. The van der Waals surface area contributed by atoms with Crippen molar-refractivity contribution in [2.45, 2.75) is 38.3 Å². The van der Waals surface area contributed by atoms with E-state index in [0.717, 1.165) is 39.0 Å². The van der Waals surface area contributed by atoms with Crippen LogP contribution in [0.1, 0.15) is 26.2 Å². The molecule has 1 amide bonds. The molecule has 92 valence electrons. The lowest BCUT2D eigenvalue weighted by Gasteiger charge is -2.23. The largest absolute Gasteiger partial charge is 0.377 e. The van der Waals surface area contributed by atoms with E-state index in [4.69, 9.17) is 4.74 Å². The second-order valence-corrected chi connectivity index (χ2v) is 4.77. The van der Waals surface area contributed by atoms with Gasteiger partial charge in [0.25, 0.3) is 0 Å². The number of nitrogens with one attached hydrogen (secondary N) is 1. The highest BCUT2D eigenvalue weighted by molar-refractivity contribution is 5.80. The van der Waals surface area contributed by atoms with Crippen LogP contribution in [0.3, 0.4) is 0 Å². The lowest BCUT2D eigenvalue weighted by Crippen LogP contribution is -2.39. The van der Waals surface area contributed by atoms with E-state index in [0.29, 0.717) is 11.9 Å². The van der Waals surface area contributed by atoms with Crippen LogP contribution >= 0.6 is 0 Å². The van der Waals surface area contributed by atoms with Gasteiger partial charge in [0.05, 0.1) is 12.0 Å². The molecule has 3 atom stereocenters. The maximum absolute atomic E-state index is 12.3. The van der Waals surface area contributed by atoms with E-state index in [1.165, 1.54) is 0 Å². The summed E-state index contributed by atoms with van der Waals surface area (Å²) in [6.07, 6.45) is 3.07. The molecule has 0 radical (unpaired) electrons. The van der Waals surface area contributed by atoms with Crippen molar-refractivity contribution in [1.82, 2.24) is 10.2 Å². The predicted molar refractivity (Wildman–Crippen MR) is 62.2 cm³/mol. The maximum Gasteiger partial charge on any atom is 0.228 e. The van der Waals surface area contributed by atoms with Gasteiger partial charge < -0.3 is 15.0 Å². The molecule has 2 aliphatic rings. The van der Waals surface area contributed by atoms with Gasteiger partial charge in [0.1, 0.15) is 0 Å². The minimum atomic E-state index is 0.112. The second kappa shape index (κ2) is 5.15. The lowest BCUT2D eigenvalue weighted by atomic mass is 9.98. The first-order chi connectivity index (χ1) is 7.76. The van der Waals surface area contributed by atoms with Crippen molar-refractivity contribution in [3.8, 4) is 0 Å². The average molecular weight is 226 g/mol. The van der Waals surface area contributed by atoms with Crippen molar-refractivity contribution in [2.75, 3.05) is 26.7 Å². The summed E-state index contributed by atoms with van der Waals surface area (Å²) in [5, 5.41) is 3.24. The molecule has 0 spiro atoms. The minimum Gasteiger partial charge on any atom is -0.377 e. The molecule has 1 N–H and O–H groups in total. The Balaban J connectivity index is 1.92. The maximum atomic E-state index is 12.3. The van der Waals surface area contributed by atoms with Gasteiger partial charge in [-0.1, -0.05) is 6.92 Å². The molecular formula is C12H22N2O2. The Morgan fingerprint density at radius 2 is 2.31 bits per heavy atom. The molecule has 0 bridgehead atoms. The molecule has 16 heavy (non-hydrogen) atoms. The fourth-order valence-electron chi connectivity index (χ4n) is 2.76. The summed E-state index contributed by atoms with van der Waals surface area (Å²) in [7, 11) is 1.96. The van der Waals surface area contributed by atoms with E-state index in [9.17, 15) is 4.79 Å². The van der Waals surface area contributed by atoms with Crippen LogP contribution in [0.15, 0.2) is 0 Å². The number of likely N-dealkylation sites (tertiary alicyclic amines) is 1. The minimum absolute atomic E-state index is 0.112. The summed E-state index contributed by atoms with van der Waals surface area (Å²) in [5.74, 6) is 0.419. The first-order valence-corrected chi connectivity index (χ1v) is 6.34. The number of hydrogen-bond donors (Lipinski definition) is 1. The molecule has 2 rings (SSSR count). The van der Waals surface area contributed by atoms with E-state index in [1.54, 1.807) is 0 Å². The van der Waals surface area contributed by atoms with Crippen molar-refractivity contribution >= 4 is 5.91 Å². The normalized spacial score (nSPS) is 34.6. The van der Waals surface area contributed by atoms with Crippen molar-refractivity contribution < 1.29 is 9.53 Å². The highest BCUT2D eigenvalue weighted by Gasteiger charge is 2.37. The Hall–Kier alpha value is -0.610. The molecule has 0 aliphatic carbocycles. The molecule has 4 heteroatoms. The van der Waals surface area contributed by atoms with Crippen LogP contribution in [-0.4, -0.2) is 49.7 Å². The average Bonchev–Trinajstić information content (AvgIpc) is 2.96. The molecule has 0 aromatic heterocycles. The van der Waals surface area contributed by atoms with E-state index < -0.39 is 0 Å². The van der Waals surface area contributed by atoms with Gasteiger partial charge in [-0.15, -0.1) is 0 Å². The van der Waals surface area contributed by atoms with Crippen LogP contribution in [0.25, 0.3) is 0 Å². The molecule has 3 unspecified atom stereocenters. The van der Waals surface area contributed by atoms with Crippen molar-refractivity contribution in [3.05, 3.63) is 0 Å². The van der Waals surface area contributed by atoms with Crippen LogP contribution in [0.5, 0.6) is 0 Å². The number of carbonyl (C=O) groups excluding carboxylic acids is 1. The molecule has 4 nitrogen and oxygen atoms in total. The van der Waals surface area contributed by atoms with Crippen LogP contribution in [-0.2, 0) is 9.53 Å². The summed E-state index contributed by atoms with van der Waals surface area (Å²) in [4.78, 5) is 14.3. The van der Waals surface area contributed by atoms with Crippen LogP contribution in [0, 0.1) is 5.92 Å². The molecule has 2 saturated heterocycles. The smallest absolute Gasteiger partial charge is 0.228 e. The molecule has 2 fully saturated rings. The standard InChI is InChI=1S/C12H22N2O2/c1-3-11-10(5-7-16-11)12(15)14-6-4-9(8-14)13-2/h9-11,13H,3-8H2,1-2H3. The Morgan fingerprint density at radius 3 is 2.94 bits per heavy atom. The van der Waals surface area contributed by atoms with Crippen molar-refractivity contribution in [3.63, 3.8) is 0 Å². The van der Waals surface area contributed by atoms with Gasteiger partial charge in [0.2, 0.25) is 5.91 Å². The van der Waals surface area contributed by atoms with Gasteiger partial charge >= 0.3 is 0 Å². The molecular weight excluding hydrogens is 204 g/mol. The number of amides is 1. The van der Waals surface area contributed by atoms with Crippen LogP contribution < -0.4 is 5.32 Å². The van der Waals surface area contributed by atoms with Gasteiger partial charge in [-0.05, 0) is 26.3 Å². The van der Waals surface area contributed by atoms with Gasteiger partial charge in [0, 0.05) is 25.7 Å². The molecule has 2 aliphatic heterocycles. The Morgan fingerprint density at radius 1 is 1.50 bits per heavy atom. The fraction of sp³-hybridized carbons (Fsp3) is 0.917. The zero-order valence-corrected chi connectivity index (χ0v) is 10.2. The first-order valence-electron chi connectivity index (χ1n) is 6.34. The topological polar surface area (TPSA) is 41.6 Å². The number of likely N-dealkylation sites (N-methyl/N-ethyl adjacent to an activating group) is 1. The van der Waals surface area contributed by atoms with Gasteiger partial charge in [-0.25, -0.2) is 0 Å². The van der Waals surface area contributed by atoms with Gasteiger partial charge in [0.15, 0.2) is 0 Å². The SMILES string of the molecule is CCC1OCCC1C(=O)N1CCC(NC)C1. The number of carbonyl (C=O) groups is 1. The second-order valence-electron chi connectivity index (χ2n) is 4.77. The number of hydrogen-bond acceptors (Lipinski definition) is 3. The van der Waals surface area contributed by atoms with E-state index in [-0.39, 0.29) is 12.0 Å². The van der Waals surface area contributed by atoms with Crippen LogP contribution in [0.2, 0.25) is 0 Å². The quantitative estimate of drug-likeness (QED) is 0.767. The number of nitrogens with zero attached hydrogens (tertiary/aromatic N) is 1. The zero-order valence-electron chi connectivity index (χ0n) is 10.2. The monoisotopic (exact) mass is 226 g/mol. The predicted octanol–water partition coefficient (Wildman–Crippen LogP) is 0.622. The first kappa shape index (κ1) is 11.9. The Bertz CT molecular complexity index is 257. The van der Waals surface area contributed by atoms with E-state index in [1.807, 2.05) is 11.9 Å². The number of rotatable bonds is 3. The third-order valence-electron chi connectivity index (χ3n) is 3.84. The summed E-state index contributed by atoms with van der Waals surface area (Å²) in [5.41, 5.74) is 0.